The molecule has 0 aliphatic heterocycles. The summed E-state index contributed by atoms with van der Waals surface area (Å²) < 4.78 is 0. The zero-order valence-electron chi connectivity index (χ0n) is 10.9. The monoisotopic (exact) mass is 241 g/mol. The second kappa shape index (κ2) is 6.03. The van der Waals surface area contributed by atoms with Gasteiger partial charge in [0.05, 0.1) is 5.92 Å². The molecule has 4 heteroatoms. The van der Waals surface area contributed by atoms with Crippen LogP contribution in [0.2, 0.25) is 0 Å². The first-order valence-corrected chi connectivity index (χ1v) is 6.48. The number of carbonyl (C=O) groups excluding carboxylic acids is 1. The van der Waals surface area contributed by atoms with Crippen molar-refractivity contribution in [3.63, 3.8) is 0 Å². The second-order valence-corrected chi connectivity index (χ2v) is 5.31. The quantitative estimate of drug-likeness (QED) is 0.774. The van der Waals surface area contributed by atoms with Crippen LogP contribution in [-0.2, 0) is 9.59 Å². The number of hydrogen-bond donors (Lipinski definition) is 2. The van der Waals surface area contributed by atoms with E-state index in [-0.39, 0.29) is 23.8 Å². The number of nitrogens with one attached hydrogen (secondary N) is 1. The summed E-state index contributed by atoms with van der Waals surface area (Å²) in [6, 6.07) is 0.200. The average Bonchev–Trinajstić information content (AvgIpc) is 2.74. The molecule has 1 amide bonds. The highest BCUT2D eigenvalue weighted by Gasteiger charge is 2.34. The van der Waals surface area contributed by atoms with Gasteiger partial charge in [-0.25, -0.2) is 0 Å². The van der Waals surface area contributed by atoms with E-state index in [1.807, 2.05) is 0 Å². The van der Waals surface area contributed by atoms with Crippen LogP contribution in [0.5, 0.6) is 0 Å². The van der Waals surface area contributed by atoms with Gasteiger partial charge in [0.25, 0.3) is 0 Å². The van der Waals surface area contributed by atoms with Gasteiger partial charge in [0.1, 0.15) is 0 Å². The molecule has 0 aromatic rings. The van der Waals surface area contributed by atoms with E-state index in [0.29, 0.717) is 25.2 Å². The van der Waals surface area contributed by atoms with Gasteiger partial charge in [-0.1, -0.05) is 20.8 Å². The normalized spacial score (nSPS) is 25.9. The third-order valence-corrected chi connectivity index (χ3v) is 3.72. The zero-order chi connectivity index (χ0) is 13.0. The summed E-state index contributed by atoms with van der Waals surface area (Å²) in [5.74, 6) is -0.750. The van der Waals surface area contributed by atoms with Crippen LogP contribution in [0.1, 0.15) is 46.5 Å². The third-order valence-electron chi connectivity index (χ3n) is 3.72. The number of rotatable bonds is 5. The maximum Gasteiger partial charge on any atom is 0.306 e. The number of carbonyl (C=O) groups is 2. The van der Waals surface area contributed by atoms with Gasteiger partial charge in [-0.2, -0.15) is 0 Å². The van der Waals surface area contributed by atoms with Crippen LogP contribution in [-0.4, -0.2) is 23.0 Å². The molecule has 98 valence electrons. The number of hydrogen-bond acceptors (Lipinski definition) is 2. The molecule has 1 unspecified atom stereocenters. The van der Waals surface area contributed by atoms with Gasteiger partial charge in [-0.3, -0.25) is 9.59 Å². The average molecular weight is 241 g/mol. The molecule has 1 aliphatic carbocycles. The van der Waals surface area contributed by atoms with E-state index in [2.05, 4.69) is 26.1 Å². The Morgan fingerprint density at radius 2 is 1.88 bits per heavy atom. The minimum Gasteiger partial charge on any atom is -0.481 e. The van der Waals surface area contributed by atoms with E-state index < -0.39 is 5.97 Å². The summed E-state index contributed by atoms with van der Waals surface area (Å²) in [5.41, 5.74) is 0. The first-order valence-electron chi connectivity index (χ1n) is 6.48. The summed E-state index contributed by atoms with van der Waals surface area (Å²) in [4.78, 5) is 22.8. The molecule has 1 aliphatic rings. The molecule has 0 aromatic carbocycles. The van der Waals surface area contributed by atoms with Crippen molar-refractivity contribution in [3.8, 4) is 0 Å². The minimum absolute atomic E-state index is 0.0364. The molecular formula is C13H23NO3. The summed E-state index contributed by atoms with van der Waals surface area (Å²) in [6.45, 7) is 6.23. The molecule has 0 aromatic heterocycles. The molecule has 0 radical (unpaired) electrons. The molecule has 17 heavy (non-hydrogen) atoms. The number of carboxylic acid groups (broad SMARTS) is 1. The Morgan fingerprint density at radius 3 is 2.29 bits per heavy atom. The fourth-order valence-electron chi connectivity index (χ4n) is 2.48. The lowest BCUT2D eigenvalue weighted by atomic mass is 9.99. The van der Waals surface area contributed by atoms with Crippen molar-refractivity contribution >= 4 is 11.9 Å². The largest absolute Gasteiger partial charge is 0.481 e. The maximum atomic E-state index is 12.0. The highest BCUT2D eigenvalue weighted by molar-refractivity contribution is 5.81. The molecule has 3 atom stereocenters. The molecule has 0 spiro atoms. The molecule has 1 fully saturated rings. The van der Waals surface area contributed by atoms with Crippen LogP contribution >= 0.6 is 0 Å². The Morgan fingerprint density at radius 1 is 1.29 bits per heavy atom. The highest BCUT2D eigenvalue weighted by atomic mass is 16.4. The van der Waals surface area contributed by atoms with E-state index in [1.54, 1.807) is 0 Å². The molecule has 0 bridgehead atoms. The van der Waals surface area contributed by atoms with Crippen LogP contribution < -0.4 is 5.32 Å². The molecule has 0 saturated heterocycles. The summed E-state index contributed by atoms with van der Waals surface area (Å²) in [7, 11) is 0. The Hall–Kier alpha value is -1.06. The Balaban J connectivity index is 2.46. The minimum atomic E-state index is -0.767. The molecule has 1 rings (SSSR count). The number of carboxylic acids is 1. The van der Waals surface area contributed by atoms with Crippen molar-refractivity contribution in [3.05, 3.63) is 0 Å². The maximum absolute atomic E-state index is 12.0. The summed E-state index contributed by atoms with van der Waals surface area (Å²) >= 11 is 0. The number of aliphatic carboxylic acids is 1. The SMILES string of the molecule is CCC(NC(=O)[C@@H]1CC[C@H](C(=O)O)C1)C(C)C. The highest BCUT2D eigenvalue weighted by Crippen LogP contribution is 2.31. The van der Waals surface area contributed by atoms with Gasteiger partial charge in [-0.15, -0.1) is 0 Å². The lowest BCUT2D eigenvalue weighted by Gasteiger charge is -2.22. The fourth-order valence-corrected chi connectivity index (χ4v) is 2.48. The van der Waals surface area contributed by atoms with Crippen LogP contribution in [0.25, 0.3) is 0 Å². The predicted octanol–water partition coefficient (Wildman–Crippen LogP) is 2.04. The van der Waals surface area contributed by atoms with E-state index in [9.17, 15) is 9.59 Å². The number of amides is 1. The van der Waals surface area contributed by atoms with Crippen molar-refractivity contribution in [2.75, 3.05) is 0 Å². The van der Waals surface area contributed by atoms with Gasteiger partial charge < -0.3 is 10.4 Å². The Kier molecular flexibility index (Phi) is 4.97. The van der Waals surface area contributed by atoms with Crippen molar-refractivity contribution in [2.24, 2.45) is 17.8 Å². The lowest BCUT2D eigenvalue weighted by molar-refractivity contribution is -0.141. The van der Waals surface area contributed by atoms with E-state index in [4.69, 9.17) is 5.11 Å². The first kappa shape index (κ1) is 14.0. The molecule has 0 heterocycles. The Bertz CT molecular complexity index is 288. The molecule has 1 saturated carbocycles. The second-order valence-electron chi connectivity index (χ2n) is 5.31. The fraction of sp³-hybridized carbons (Fsp3) is 0.846. The van der Waals surface area contributed by atoms with Gasteiger partial charge in [-0.05, 0) is 31.6 Å². The van der Waals surface area contributed by atoms with Crippen LogP contribution in [0.3, 0.4) is 0 Å². The van der Waals surface area contributed by atoms with Gasteiger partial charge in [0.2, 0.25) is 5.91 Å². The van der Waals surface area contributed by atoms with E-state index in [1.165, 1.54) is 0 Å². The molecule has 4 nitrogen and oxygen atoms in total. The lowest BCUT2D eigenvalue weighted by Crippen LogP contribution is -2.41. The van der Waals surface area contributed by atoms with Gasteiger partial charge in [0, 0.05) is 12.0 Å². The van der Waals surface area contributed by atoms with E-state index >= 15 is 0 Å². The summed E-state index contributed by atoms with van der Waals surface area (Å²) in [5, 5.41) is 11.9. The van der Waals surface area contributed by atoms with E-state index in [0.717, 1.165) is 6.42 Å². The van der Waals surface area contributed by atoms with Crippen molar-refractivity contribution in [1.82, 2.24) is 5.32 Å². The van der Waals surface area contributed by atoms with Crippen molar-refractivity contribution in [2.45, 2.75) is 52.5 Å². The standard InChI is InChI=1S/C13H23NO3/c1-4-11(8(2)3)14-12(15)9-5-6-10(7-9)13(16)17/h8-11H,4-7H2,1-3H3,(H,14,15)(H,16,17)/t9-,10+,11?/m1/s1. The molecule has 2 N–H and O–H groups in total. The smallest absolute Gasteiger partial charge is 0.306 e. The van der Waals surface area contributed by atoms with Gasteiger partial charge in [0.15, 0.2) is 0 Å². The first-order chi connectivity index (χ1) is 7.95. The zero-order valence-corrected chi connectivity index (χ0v) is 10.9. The van der Waals surface area contributed by atoms with Crippen LogP contribution in [0.4, 0.5) is 0 Å². The van der Waals surface area contributed by atoms with Crippen molar-refractivity contribution < 1.29 is 14.7 Å². The molecular weight excluding hydrogens is 218 g/mol. The Labute approximate surface area is 103 Å². The van der Waals surface area contributed by atoms with Crippen LogP contribution in [0.15, 0.2) is 0 Å². The third kappa shape index (κ3) is 3.72. The predicted molar refractivity (Wildman–Crippen MR) is 65.5 cm³/mol. The van der Waals surface area contributed by atoms with Crippen LogP contribution in [0, 0.1) is 17.8 Å². The topological polar surface area (TPSA) is 66.4 Å². The summed E-state index contributed by atoms with van der Waals surface area (Å²) in [6.07, 6.45) is 2.75. The van der Waals surface area contributed by atoms with Gasteiger partial charge >= 0.3 is 5.97 Å². The van der Waals surface area contributed by atoms with Crippen molar-refractivity contribution in [1.29, 1.82) is 0 Å².